The van der Waals surface area contributed by atoms with E-state index in [1.54, 1.807) is 20.4 Å². The molecule has 6 heteroatoms. The fourth-order valence-electron chi connectivity index (χ4n) is 2.34. The molecule has 0 aliphatic heterocycles. The molecule has 0 saturated heterocycles. The van der Waals surface area contributed by atoms with Gasteiger partial charge in [-0.15, -0.1) is 0 Å². The minimum atomic E-state index is 0.192. The van der Waals surface area contributed by atoms with Crippen LogP contribution in [0.4, 0.5) is 0 Å². The average Bonchev–Trinajstić information content (AvgIpc) is 3.06. The van der Waals surface area contributed by atoms with Crippen molar-refractivity contribution < 1.29 is 14.0 Å². The first kappa shape index (κ1) is 13.1. The number of hydrogen-bond acceptors (Lipinski definition) is 6. The van der Waals surface area contributed by atoms with Gasteiger partial charge in [0.15, 0.2) is 0 Å². The molecule has 0 aromatic carbocycles. The lowest BCUT2D eigenvalue weighted by Gasteiger charge is -2.09. The van der Waals surface area contributed by atoms with E-state index in [2.05, 4.69) is 15.1 Å². The van der Waals surface area contributed by atoms with Crippen molar-refractivity contribution >= 4 is 0 Å². The zero-order valence-corrected chi connectivity index (χ0v) is 11.6. The summed E-state index contributed by atoms with van der Waals surface area (Å²) in [6, 6.07) is 3.68. The third kappa shape index (κ3) is 2.51. The maximum absolute atomic E-state index is 5.34. The maximum atomic E-state index is 5.34. The van der Waals surface area contributed by atoms with Gasteiger partial charge >= 0.3 is 0 Å². The Hall–Kier alpha value is -1.95. The summed E-state index contributed by atoms with van der Waals surface area (Å²) >= 11 is 0. The summed E-state index contributed by atoms with van der Waals surface area (Å²) in [5.74, 6) is 1.65. The van der Waals surface area contributed by atoms with Crippen LogP contribution in [0.25, 0.3) is 11.4 Å². The van der Waals surface area contributed by atoms with Gasteiger partial charge in [0.05, 0.1) is 19.3 Å². The van der Waals surface area contributed by atoms with Crippen LogP contribution in [-0.4, -0.2) is 36.0 Å². The molecule has 6 nitrogen and oxygen atoms in total. The van der Waals surface area contributed by atoms with Gasteiger partial charge in [0.25, 0.3) is 0 Å². The molecule has 1 fully saturated rings. The third-order valence-corrected chi connectivity index (χ3v) is 3.61. The second-order valence-corrected chi connectivity index (χ2v) is 5.18. The van der Waals surface area contributed by atoms with E-state index in [4.69, 9.17) is 14.0 Å². The zero-order chi connectivity index (χ0) is 14.0. The molecule has 1 saturated carbocycles. The molecule has 0 N–H and O–H groups in total. The summed E-state index contributed by atoms with van der Waals surface area (Å²) in [7, 11) is 3.30. The Labute approximate surface area is 117 Å². The van der Waals surface area contributed by atoms with E-state index in [-0.39, 0.29) is 5.41 Å². The molecule has 0 radical (unpaired) electrons. The second-order valence-electron chi connectivity index (χ2n) is 5.18. The van der Waals surface area contributed by atoms with Crippen molar-refractivity contribution in [3.05, 3.63) is 24.2 Å². The molecule has 0 spiro atoms. The Morgan fingerprint density at radius 3 is 2.90 bits per heavy atom. The summed E-state index contributed by atoms with van der Waals surface area (Å²) in [6.07, 6.45) is 4.72. The monoisotopic (exact) mass is 275 g/mol. The molecule has 1 aliphatic rings. The van der Waals surface area contributed by atoms with E-state index in [9.17, 15) is 0 Å². The Morgan fingerprint density at radius 1 is 1.35 bits per heavy atom. The first-order valence-corrected chi connectivity index (χ1v) is 6.57. The standard InChI is InChI=1S/C14H17N3O3/c1-18-9-14(5-6-14)8-11-16-12(17-20-11)10-4-3-7-15-13(10)19-2/h3-4,7H,5-6,8-9H2,1-2H3. The summed E-state index contributed by atoms with van der Waals surface area (Å²) in [4.78, 5) is 8.58. The van der Waals surface area contributed by atoms with Crippen molar-refractivity contribution in [3.8, 4) is 17.3 Å². The number of pyridine rings is 1. The van der Waals surface area contributed by atoms with Crippen LogP contribution in [0, 0.1) is 5.41 Å². The van der Waals surface area contributed by atoms with Gasteiger partial charge in [0.1, 0.15) is 0 Å². The molecule has 3 rings (SSSR count). The number of aromatic nitrogens is 3. The molecule has 0 amide bonds. The Balaban J connectivity index is 1.80. The lowest BCUT2D eigenvalue weighted by atomic mass is 10.0. The predicted octanol–water partition coefficient (Wildman–Crippen LogP) is 2.11. The van der Waals surface area contributed by atoms with Crippen LogP contribution in [0.5, 0.6) is 5.88 Å². The molecular formula is C14H17N3O3. The van der Waals surface area contributed by atoms with E-state index in [1.165, 1.54) is 0 Å². The van der Waals surface area contributed by atoms with Gasteiger partial charge in [-0.25, -0.2) is 4.98 Å². The zero-order valence-electron chi connectivity index (χ0n) is 11.6. The van der Waals surface area contributed by atoms with E-state index in [0.29, 0.717) is 17.6 Å². The van der Waals surface area contributed by atoms with Crippen molar-refractivity contribution in [2.75, 3.05) is 20.8 Å². The fourth-order valence-corrected chi connectivity index (χ4v) is 2.34. The highest BCUT2D eigenvalue weighted by Gasteiger charge is 2.44. The van der Waals surface area contributed by atoms with Crippen molar-refractivity contribution in [1.82, 2.24) is 15.1 Å². The van der Waals surface area contributed by atoms with Crippen LogP contribution >= 0.6 is 0 Å². The van der Waals surface area contributed by atoms with Crippen LogP contribution in [0.15, 0.2) is 22.9 Å². The highest BCUT2D eigenvalue weighted by molar-refractivity contribution is 5.60. The van der Waals surface area contributed by atoms with Gasteiger partial charge in [0, 0.05) is 25.1 Å². The lowest BCUT2D eigenvalue weighted by Crippen LogP contribution is -2.12. The van der Waals surface area contributed by atoms with Gasteiger partial charge in [-0.2, -0.15) is 4.98 Å². The van der Waals surface area contributed by atoms with E-state index >= 15 is 0 Å². The molecule has 106 valence electrons. The van der Waals surface area contributed by atoms with Crippen LogP contribution in [-0.2, 0) is 11.2 Å². The quantitative estimate of drug-likeness (QED) is 0.804. The SMILES string of the molecule is COCC1(Cc2nc(-c3cccnc3OC)no2)CC1. The van der Waals surface area contributed by atoms with Crippen LogP contribution < -0.4 is 4.74 Å². The topological polar surface area (TPSA) is 70.3 Å². The van der Waals surface area contributed by atoms with Gasteiger partial charge in [-0.3, -0.25) is 0 Å². The van der Waals surface area contributed by atoms with E-state index in [1.807, 2.05) is 12.1 Å². The van der Waals surface area contributed by atoms with Gasteiger partial charge in [0.2, 0.25) is 17.6 Å². The molecule has 0 unspecified atom stereocenters. The van der Waals surface area contributed by atoms with Gasteiger partial charge < -0.3 is 14.0 Å². The first-order valence-electron chi connectivity index (χ1n) is 6.57. The minimum absolute atomic E-state index is 0.192. The van der Waals surface area contributed by atoms with Crippen molar-refractivity contribution in [2.24, 2.45) is 5.41 Å². The highest BCUT2D eigenvalue weighted by atomic mass is 16.5. The number of hydrogen-bond donors (Lipinski definition) is 0. The van der Waals surface area contributed by atoms with Crippen molar-refractivity contribution in [3.63, 3.8) is 0 Å². The Bertz CT molecular complexity index is 593. The van der Waals surface area contributed by atoms with Crippen LogP contribution in [0.3, 0.4) is 0 Å². The van der Waals surface area contributed by atoms with E-state index < -0.39 is 0 Å². The second kappa shape index (κ2) is 5.20. The smallest absolute Gasteiger partial charge is 0.227 e. The number of methoxy groups -OCH3 is 2. The third-order valence-electron chi connectivity index (χ3n) is 3.61. The first-order chi connectivity index (χ1) is 9.76. The summed E-state index contributed by atoms with van der Waals surface area (Å²) < 4.78 is 15.8. The molecule has 2 aromatic rings. The summed E-state index contributed by atoms with van der Waals surface area (Å²) in [5.41, 5.74) is 0.930. The number of nitrogens with zero attached hydrogens (tertiary/aromatic N) is 3. The fraction of sp³-hybridized carbons (Fsp3) is 0.500. The lowest BCUT2D eigenvalue weighted by molar-refractivity contribution is 0.135. The molecule has 0 atom stereocenters. The Kier molecular flexibility index (Phi) is 3.40. The summed E-state index contributed by atoms with van der Waals surface area (Å²) in [6.45, 7) is 0.737. The molecule has 0 bridgehead atoms. The molecule has 1 aliphatic carbocycles. The average molecular weight is 275 g/mol. The molecule has 20 heavy (non-hydrogen) atoms. The van der Waals surface area contributed by atoms with Crippen molar-refractivity contribution in [2.45, 2.75) is 19.3 Å². The highest BCUT2D eigenvalue weighted by Crippen LogP contribution is 2.48. The normalized spacial score (nSPS) is 16.1. The number of rotatable bonds is 6. The van der Waals surface area contributed by atoms with Crippen molar-refractivity contribution in [1.29, 1.82) is 0 Å². The number of ether oxygens (including phenoxy) is 2. The van der Waals surface area contributed by atoms with Gasteiger partial charge in [-0.05, 0) is 25.0 Å². The molecule has 2 heterocycles. The van der Waals surface area contributed by atoms with E-state index in [0.717, 1.165) is 31.4 Å². The summed E-state index contributed by atoms with van der Waals surface area (Å²) in [5, 5.41) is 4.02. The maximum Gasteiger partial charge on any atom is 0.227 e. The molecular weight excluding hydrogens is 258 g/mol. The van der Waals surface area contributed by atoms with Crippen LogP contribution in [0.2, 0.25) is 0 Å². The predicted molar refractivity (Wildman–Crippen MR) is 71.3 cm³/mol. The Morgan fingerprint density at radius 2 is 2.20 bits per heavy atom. The van der Waals surface area contributed by atoms with Crippen LogP contribution in [0.1, 0.15) is 18.7 Å². The van der Waals surface area contributed by atoms with Gasteiger partial charge in [-0.1, -0.05) is 5.16 Å². The minimum Gasteiger partial charge on any atom is -0.480 e. The molecule has 2 aromatic heterocycles. The largest absolute Gasteiger partial charge is 0.480 e.